The summed E-state index contributed by atoms with van der Waals surface area (Å²) in [4.78, 5) is 28.9. The van der Waals surface area contributed by atoms with Crippen molar-refractivity contribution in [1.29, 1.82) is 10.5 Å². The summed E-state index contributed by atoms with van der Waals surface area (Å²) in [7, 11) is -7.61. The number of aryl methyl sites for hydroxylation is 1. The fourth-order valence-corrected chi connectivity index (χ4v) is 10.8. The SMILES string of the molecule is Cc1ccc(NS(=O)(=O)c2ccc(NCCOCCOCCOCCOCCNC(=O)CCOCCN3CCN(c4ccc(Nc5ncc(Cl)c(Nc6ccccc6S(=O)(=O)C(C)C)n5)cc4)CC3)c(C#N)c2)c2[nH]cc(C#N)c12. The maximum Gasteiger partial charge on any atom is 0.262 e. The number of H-pyrrole nitrogens is 1. The van der Waals surface area contributed by atoms with Crippen molar-refractivity contribution >= 4 is 88.5 Å². The first-order valence-corrected chi connectivity index (χ1v) is 29.5. The highest BCUT2D eigenvalue weighted by molar-refractivity contribution is 7.92. The highest BCUT2D eigenvalue weighted by atomic mass is 35.5. The molecule has 2 aromatic heterocycles. The zero-order chi connectivity index (χ0) is 56.9. The fraction of sp³-hybridized carbons (Fsp3) is 0.400. The number of hydrogen-bond acceptors (Lipinski definition) is 19. The molecule has 0 unspecified atom stereocenters. The van der Waals surface area contributed by atoms with Gasteiger partial charge in [-0.25, -0.2) is 21.8 Å². The lowest BCUT2D eigenvalue weighted by Gasteiger charge is -2.36. The monoisotopic (exact) mass is 1150 g/mol. The van der Waals surface area contributed by atoms with Crippen molar-refractivity contribution in [2.45, 2.75) is 42.2 Å². The summed E-state index contributed by atoms with van der Waals surface area (Å²) in [5.41, 5.74) is 4.91. The van der Waals surface area contributed by atoms with E-state index in [4.69, 9.17) is 35.3 Å². The Kier molecular flexibility index (Phi) is 22.6. The summed E-state index contributed by atoms with van der Waals surface area (Å²) in [5, 5.41) is 31.7. The van der Waals surface area contributed by atoms with E-state index in [-0.39, 0.29) is 38.5 Å². The second-order valence-corrected chi connectivity index (χ2v) is 23.2. The van der Waals surface area contributed by atoms with Gasteiger partial charge in [-0.1, -0.05) is 29.8 Å². The van der Waals surface area contributed by atoms with Crippen LogP contribution in [0.15, 0.2) is 101 Å². The lowest BCUT2D eigenvalue weighted by atomic mass is 10.1. The molecule has 0 atom stereocenters. The Hall–Kier alpha value is -7.10. The van der Waals surface area contributed by atoms with Gasteiger partial charge < -0.3 is 54.8 Å². The van der Waals surface area contributed by atoms with Gasteiger partial charge in [-0.2, -0.15) is 15.5 Å². The normalized spacial score (nSPS) is 13.0. The van der Waals surface area contributed by atoms with Gasteiger partial charge in [0.1, 0.15) is 17.2 Å². The number of benzene rings is 4. The summed E-state index contributed by atoms with van der Waals surface area (Å²) in [6.45, 7) is 13.9. The number of nitriles is 2. The van der Waals surface area contributed by atoms with Gasteiger partial charge in [-0.05, 0) is 87.0 Å². The number of nitrogens with one attached hydrogen (secondary N) is 6. The van der Waals surface area contributed by atoms with Crippen LogP contribution < -0.4 is 30.9 Å². The molecule has 6 N–H and O–H groups in total. The van der Waals surface area contributed by atoms with E-state index in [0.717, 1.165) is 49.7 Å². The maximum absolute atomic E-state index is 13.3. The zero-order valence-electron chi connectivity index (χ0n) is 44.9. The molecule has 80 heavy (non-hydrogen) atoms. The van der Waals surface area contributed by atoms with Crippen molar-refractivity contribution in [3.05, 3.63) is 113 Å². The standard InChI is InChI=1S/C55H67ClN12O10S2/c1-39(2)79(70,71)50-7-5-4-6-48(50)64-54-46(56)38-62-55(65-54)63-43-9-11-44(12-10-43)68-21-19-67(20-22-68)23-27-74-24-16-51(69)60-18-26-76-29-31-78-33-32-77-30-28-75-25-17-59-47-15-13-45(34-41(47)35-57)80(72,73)66-49-14-8-40(3)52-42(36-58)37-61-53(49)52/h4-15,34,37-39,59,61,66H,16-33H2,1-3H3,(H,60,69)(H2,62,63,64,65). The highest BCUT2D eigenvalue weighted by Gasteiger charge is 2.24. The zero-order valence-corrected chi connectivity index (χ0v) is 47.3. The van der Waals surface area contributed by atoms with E-state index >= 15 is 0 Å². The number of aromatic nitrogens is 3. The number of rotatable bonds is 32. The number of nitrogens with zero attached hydrogens (tertiary/aromatic N) is 6. The minimum Gasteiger partial charge on any atom is -0.382 e. The number of aromatic amines is 1. The predicted octanol–water partition coefficient (Wildman–Crippen LogP) is 6.96. The number of ether oxygens (including phenoxy) is 5. The van der Waals surface area contributed by atoms with E-state index in [2.05, 4.69) is 56.8 Å². The third-order valence-electron chi connectivity index (χ3n) is 12.8. The van der Waals surface area contributed by atoms with E-state index in [1.807, 2.05) is 37.3 Å². The van der Waals surface area contributed by atoms with Gasteiger partial charge in [0.25, 0.3) is 10.0 Å². The van der Waals surface area contributed by atoms with Crippen molar-refractivity contribution in [1.82, 2.24) is 25.2 Å². The average molecular weight is 1160 g/mol. The molecule has 1 saturated heterocycles. The van der Waals surface area contributed by atoms with Crippen LogP contribution in [0.3, 0.4) is 0 Å². The molecule has 0 aliphatic carbocycles. The Morgan fingerprint density at radius 2 is 1.40 bits per heavy atom. The van der Waals surface area contributed by atoms with Crippen molar-refractivity contribution in [2.75, 3.05) is 137 Å². The third-order valence-corrected chi connectivity index (χ3v) is 16.6. The van der Waals surface area contributed by atoms with Gasteiger partial charge in [-0.3, -0.25) is 14.4 Å². The predicted molar refractivity (Wildman–Crippen MR) is 307 cm³/mol. The number of hydrogen-bond donors (Lipinski definition) is 6. The molecule has 426 valence electrons. The number of amides is 1. The third kappa shape index (κ3) is 17.2. The molecular weight excluding hydrogens is 1090 g/mol. The van der Waals surface area contributed by atoms with Gasteiger partial charge >= 0.3 is 0 Å². The van der Waals surface area contributed by atoms with Gasteiger partial charge in [0, 0.05) is 75.2 Å². The van der Waals surface area contributed by atoms with Crippen molar-refractivity contribution < 1.29 is 45.3 Å². The first kappa shape index (κ1) is 60.5. The smallest absolute Gasteiger partial charge is 0.262 e. The Morgan fingerprint density at radius 3 is 2.09 bits per heavy atom. The minimum absolute atomic E-state index is 0.0811. The number of anilines is 7. The number of carbonyl (C=O) groups is 1. The summed E-state index contributed by atoms with van der Waals surface area (Å²) in [5.74, 6) is 0.472. The number of sulfonamides is 1. The molecule has 7 rings (SSSR count). The average Bonchev–Trinajstić information content (AvgIpc) is 3.91. The van der Waals surface area contributed by atoms with Gasteiger partial charge in [0.05, 0.1) is 121 Å². The van der Waals surface area contributed by atoms with Crippen molar-refractivity contribution in [3.63, 3.8) is 0 Å². The molecule has 3 heterocycles. The summed E-state index contributed by atoms with van der Waals surface area (Å²) in [6.07, 6.45) is 3.26. The number of para-hydroxylation sites is 1. The summed E-state index contributed by atoms with van der Waals surface area (Å²) >= 11 is 6.41. The van der Waals surface area contributed by atoms with Crippen molar-refractivity contribution in [3.8, 4) is 12.1 Å². The van der Waals surface area contributed by atoms with E-state index < -0.39 is 25.1 Å². The molecular formula is C55H67ClN12O10S2. The second kappa shape index (κ2) is 29.9. The molecule has 25 heteroatoms. The van der Waals surface area contributed by atoms with E-state index in [0.29, 0.717) is 119 Å². The fourth-order valence-electron chi connectivity index (χ4n) is 8.39. The number of piperazine rings is 1. The van der Waals surface area contributed by atoms with E-state index in [9.17, 15) is 32.2 Å². The van der Waals surface area contributed by atoms with Crippen LogP contribution in [0.1, 0.15) is 37.0 Å². The van der Waals surface area contributed by atoms with Crippen LogP contribution in [-0.2, 0) is 48.3 Å². The Balaban J connectivity index is 0.653. The number of sulfone groups is 1. The molecule has 6 aromatic rings. The Bertz CT molecular complexity index is 3330. The number of carbonyl (C=O) groups excluding carboxylic acids is 1. The van der Waals surface area contributed by atoms with Crippen LogP contribution >= 0.6 is 11.6 Å². The molecule has 1 aliphatic rings. The van der Waals surface area contributed by atoms with Gasteiger partial charge in [-0.15, -0.1) is 0 Å². The largest absolute Gasteiger partial charge is 0.382 e. The number of fused-ring (bicyclic) bond motifs is 1. The van der Waals surface area contributed by atoms with Crippen LogP contribution in [-0.4, -0.2) is 160 Å². The molecule has 1 amide bonds. The Morgan fingerprint density at radius 1 is 0.750 bits per heavy atom. The summed E-state index contributed by atoms with van der Waals surface area (Å²) < 4.78 is 83.1. The topological polar surface area (TPSA) is 287 Å². The first-order chi connectivity index (χ1) is 38.7. The number of halogens is 1. The van der Waals surface area contributed by atoms with Gasteiger partial charge in [0.15, 0.2) is 15.7 Å². The van der Waals surface area contributed by atoms with E-state index in [1.165, 1.54) is 30.6 Å². The molecule has 22 nitrogen and oxygen atoms in total. The lowest BCUT2D eigenvalue weighted by Crippen LogP contribution is -2.47. The molecule has 4 aromatic carbocycles. The first-order valence-electron chi connectivity index (χ1n) is 26.1. The molecule has 1 fully saturated rings. The van der Waals surface area contributed by atoms with Crippen LogP contribution in [0.4, 0.5) is 40.2 Å². The molecule has 0 spiro atoms. The molecule has 0 saturated carbocycles. The van der Waals surface area contributed by atoms with Crippen molar-refractivity contribution in [2.24, 2.45) is 0 Å². The maximum atomic E-state index is 13.3. The van der Waals surface area contributed by atoms with E-state index in [1.54, 1.807) is 50.2 Å². The van der Waals surface area contributed by atoms with Crippen LogP contribution in [0.25, 0.3) is 10.9 Å². The summed E-state index contributed by atoms with van der Waals surface area (Å²) in [6, 6.07) is 26.4. The van der Waals surface area contributed by atoms with Crippen LogP contribution in [0, 0.1) is 29.6 Å². The quantitative estimate of drug-likeness (QED) is 0.0233. The van der Waals surface area contributed by atoms with Crippen LogP contribution in [0.2, 0.25) is 5.02 Å². The molecule has 0 radical (unpaired) electrons. The lowest BCUT2D eigenvalue weighted by molar-refractivity contribution is -0.122. The second-order valence-electron chi connectivity index (χ2n) is 18.6. The van der Waals surface area contributed by atoms with Gasteiger partial charge in [0.2, 0.25) is 11.9 Å². The Labute approximate surface area is 472 Å². The highest BCUT2D eigenvalue weighted by Crippen LogP contribution is 2.33. The molecule has 0 bridgehead atoms. The molecule has 1 aliphatic heterocycles. The van der Waals surface area contributed by atoms with Crippen LogP contribution in [0.5, 0.6) is 0 Å². The minimum atomic E-state index is -4.05.